The molecule has 0 saturated carbocycles. The second-order valence-electron chi connectivity index (χ2n) is 10.5. The number of anilines is 2. The third-order valence-corrected chi connectivity index (χ3v) is 7.35. The first-order valence-electron chi connectivity index (χ1n) is 16.7. The number of nitrogens with zero attached hydrogens (tertiary/aromatic N) is 4. The number of hydrogen-bond donors (Lipinski definition) is 0. The molecule has 0 bridgehead atoms. The van der Waals surface area contributed by atoms with Gasteiger partial charge < -0.3 is 33.7 Å². The normalized spacial score (nSPS) is 11.2. The van der Waals surface area contributed by atoms with E-state index in [-0.39, 0.29) is 13.6 Å². The molecule has 0 aliphatic rings. The van der Waals surface area contributed by atoms with Crippen molar-refractivity contribution in [1.82, 2.24) is 0 Å². The molecule has 9 nitrogen and oxygen atoms in total. The number of rotatable bonds is 21. The Labute approximate surface area is 293 Å². The SMILES string of the molecule is C=C/C=C\C=C/COCO/N=C/c1ccc(N(CC)CC)cc1OC.CCN(CC)c1ccc(/C=N/OCOCc2ccccc2)c(C)c1. The fraction of sp³-hybridized carbons (Fsp3) is 0.350. The molecule has 49 heavy (non-hydrogen) atoms. The van der Waals surface area contributed by atoms with Crippen LogP contribution in [0.2, 0.25) is 0 Å². The van der Waals surface area contributed by atoms with E-state index in [1.807, 2.05) is 66.8 Å². The third-order valence-electron chi connectivity index (χ3n) is 7.35. The van der Waals surface area contributed by atoms with Gasteiger partial charge in [0.05, 0.1) is 32.8 Å². The summed E-state index contributed by atoms with van der Waals surface area (Å²) in [4.78, 5) is 14.8. The maximum Gasteiger partial charge on any atom is 0.216 e. The van der Waals surface area contributed by atoms with Crippen LogP contribution >= 0.6 is 0 Å². The fourth-order valence-corrected chi connectivity index (χ4v) is 4.63. The zero-order valence-electron chi connectivity index (χ0n) is 30.1. The molecule has 0 radical (unpaired) electrons. The Hall–Kier alpha value is -4.86. The average Bonchev–Trinajstić information content (AvgIpc) is 3.13. The Kier molecular flexibility index (Phi) is 20.7. The highest BCUT2D eigenvalue weighted by Crippen LogP contribution is 2.24. The van der Waals surface area contributed by atoms with E-state index >= 15 is 0 Å². The number of hydrogen-bond acceptors (Lipinski definition) is 9. The smallest absolute Gasteiger partial charge is 0.216 e. The summed E-state index contributed by atoms with van der Waals surface area (Å²) in [6.07, 6.45) is 12.5. The first kappa shape index (κ1) is 40.3. The summed E-state index contributed by atoms with van der Waals surface area (Å²) >= 11 is 0. The largest absolute Gasteiger partial charge is 0.496 e. The highest BCUT2D eigenvalue weighted by atomic mass is 16.7. The molecular weight excluding hydrogens is 616 g/mol. The van der Waals surface area contributed by atoms with E-state index in [1.165, 1.54) is 11.3 Å². The maximum atomic E-state index is 5.44. The van der Waals surface area contributed by atoms with Gasteiger partial charge in [-0.05, 0) is 75.6 Å². The fourth-order valence-electron chi connectivity index (χ4n) is 4.63. The molecule has 0 unspecified atom stereocenters. The minimum atomic E-state index is 0.0891. The van der Waals surface area contributed by atoms with Gasteiger partial charge in [0, 0.05) is 49.2 Å². The van der Waals surface area contributed by atoms with Crippen molar-refractivity contribution in [2.24, 2.45) is 10.3 Å². The molecule has 0 spiro atoms. The molecular formula is C40H54N4O5. The van der Waals surface area contributed by atoms with E-state index in [9.17, 15) is 0 Å². The van der Waals surface area contributed by atoms with Crippen molar-refractivity contribution in [3.63, 3.8) is 0 Å². The molecule has 9 heteroatoms. The number of oxime groups is 2. The van der Waals surface area contributed by atoms with Crippen LogP contribution in [0.1, 0.15) is 49.9 Å². The van der Waals surface area contributed by atoms with Gasteiger partial charge in [-0.3, -0.25) is 0 Å². The van der Waals surface area contributed by atoms with E-state index in [0.717, 1.165) is 54.3 Å². The topological polar surface area (TPSA) is 77.4 Å². The monoisotopic (exact) mass is 670 g/mol. The minimum Gasteiger partial charge on any atom is -0.496 e. The molecule has 3 aromatic rings. The molecule has 0 saturated heterocycles. The Morgan fingerprint density at radius 3 is 1.88 bits per heavy atom. The molecule has 0 aliphatic carbocycles. The second kappa shape index (κ2) is 25.2. The Morgan fingerprint density at radius 2 is 1.29 bits per heavy atom. The Morgan fingerprint density at radius 1 is 0.694 bits per heavy atom. The van der Waals surface area contributed by atoms with Crippen molar-refractivity contribution >= 4 is 23.8 Å². The molecule has 0 heterocycles. The summed E-state index contributed by atoms with van der Waals surface area (Å²) in [5.74, 6) is 0.759. The first-order valence-corrected chi connectivity index (χ1v) is 16.7. The second-order valence-corrected chi connectivity index (χ2v) is 10.5. The molecule has 0 aromatic heterocycles. The van der Waals surface area contributed by atoms with Crippen molar-refractivity contribution in [1.29, 1.82) is 0 Å². The quantitative estimate of drug-likeness (QED) is 0.0370. The van der Waals surface area contributed by atoms with Crippen LogP contribution in [0.25, 0.3) is 0 Å². The van der Waals surface area contributed by atoms with E-state index in [1.54, 1.807) is 25.6 Å². The number of benzene rings is 3. The van der Waals surface area contributed by atoms with Gasteiger partial charge in [0.2, 0.25) is 13.6 Å². The zero-order valence-corrected chi connectivity index (χ0v) is 30.1. The Balaban J connectivity index is 0.000000340. The molecule has 3 rings (SSSR count). The highest BCUT2D eigenvalue weighted by molar-refractivity contribution is 5.84. The van der Waals surface area contributed by atoms with Gasteiger partial charge in [0.25, 0.3) is 0 Å². The number of ether oxygens (including phenoxy) is 3. The standard InChI is InChI=1S/C20H28N2O3.C20H26N2O2/c1-5-8-9-10-11-14-24-17-25-21-16-18-12-13-19(15-20(18)23-4)22(6-2)7-3;1-4-22(5-2)20-12-11-19(17(3)13-20)14-21-24-16-23-15-18-9-7-6-8-10-18/h5,8-13,15-16H,1,6-7,14,17H2,2-4H3;6-14H,4-5,15-16H2,1-3H3/b9-8-,11-10-,21-16+;21-14+. The van der Waals surface area contributed by atoms with E-state index < -0.39 is 0 Å². The van der Waals surface area contributed by atoms with Crippen LogP contribution in [-0.2, 0) is 25.8 Å². The molecule has 0 aliphatic heterocycles. The minimum absolute atomic E-state index is 0.0891. The van der Waals surface area contributed by atoms with Gasteiger partial charge in [0.1, 0.15) is 5.75 Å². The van der Waals surface area contributed by atoms with Crippen LogP contribution in [-0.4, -0.2) is 65.9 Å². The lowest BCUT2D eigenvalue weighted by molar-refractivity contribution is -0.0594. The van der Waals surface area contributed by atoms with Gasteiger partial charge in [0.15, 0.2) is 0 Å². The molecule has 0 fully saturated rings. The average molecular weight is 671 g/mol. The van der Waals surface area contributed by atoms with E-state index in [0.29, 0.717) is 13.2 Å². The summed E-state index contributed by atoms with van der Waals surface area (Å²) in [5, 5.41) is 7.90. The summed E-state index contributed by atoms with van der Waals surface area (Å²) in [5.41, 5.74) is 6.56. The number of aryl methyl sites for hydroxylation is 1. The highest BCUT2D eigenvalue weighted by Gasteiger charge is 2.07. The van der Waals surface area contributed by atoms with Gasteiger partial charge >= 0.3 is 0 Å². The summed E-state index contributed by atoms with van der Waals surface area (Å²) < 4.78 is 16.1. The van der Waals surface area contributed by atoms with Gasteiger partial charge in [-0.1, -0.05) is 83.7 Å². The molecule has 0 amide bonds. The van der Waals surface area contributed by atoms with Gasteiger partial charge in [-0.2, -0.15) is 0 Å². The predicted molar refractivity (Wildman–Crippen MR) is 204 cm³/mol. The lowest BCUT2D eigenvalue weighted by atomic mass is 10.1. The first-order chi connectivity index (χ1) is 24.0. The predicted octanol–water partition coefficient (Wildman–Crippen LogP) is 8.53. The number of methoxy groups -OCH3 is 1. The van der Waals surface area contributed by atoms with Crippen molar-refractivity contribution in [2.45, 2.75) is 41.2 Å². The molecule has 3 aromatic carbocycles. The van der Waals surface area contributed by atoms with Crippen LogP contribution in [0.5, 0.6) is 5.75 Å². The van der Waals surface area contributed by atoms with Crippen LogP contribution in [0.3, 0.4) is 0 Å². The zero-order chi connectivity index (χ0) is 35.5. The van der Waals surface area contributed by atoms with Crippen LogP contribution in [0.4, 0.5) is 11.4 Å². The van der Waals surface area contributed by atoms with Gasteiger partial charge in [-0.15, -0.1) is 0 Å². The van der Waals surface area contributed by atoms with Crippen LogP contribution in [0, 0.1) is 6.92 Å². The molecule has 264 valence electrons. The third kappa shape index (κ3) is 15.7. The summed E-state index contributed by atoms with van der Waals surface area (Å²) in [7, 11) is 1.65. The Bertz CT molecular complexity index is 1450. The van der Waals surface area contributed by atoms with Crippen LogP contribution in [0.15, 0.2) is 114 Å². The van der Waals surface area contributed by atoms with Crippen molar-refractivity contribution in [2.75, 3.05) is 63.3 Å². The van der Waals surface area contributed by atoms with Crippen molar-refractivity contribution < 1.29 is 23.9 Å². The lowest BCUT2D eigenvalue weighted by Crippen LogP contribution is -2.21. The molecule has 0 atom stereocenters. The van der Waals surface area contributed by atoms with E-state index in [4.69, 9.17) is 23.9 Å². The maximum absolute atomic E-state index is 5.44. The van der Waals surface area contributed by atoms with Crippen molar-refractivity contribution in [3.05, 3.63) is 126 Å². The summed E-state index contributed by atoms with van der Waals surface area (Å²) in [6.45, 7) is 19.4. The number of allylic oxidation sites excluding steroid dienone is 4. The van der Waals surface area contributed by atoms with Crippen molar-refractivity contribution in [3.8, 4) is 5.75 Å². The summed E-state index contributed by atoms with van der Waals surface area (Å²) in [6, 6.07) is 22.4. The lowest BCUT2D eigenvalue weighted by Gasteiger charge is -2.21. The molecule has 0 N–H and O–H groups in total. The van der Waals surface area contributed by atoms with Crippen LogP contribution < -0.4 is 14.5 Å². The van der Waals surface area contributed by atoms with Gasteiger partial charge in [-0.25, -0.2) is 0 Å². The van der Waals surface area contributed by atoms with E-state index in [2.05, 4.69) is 85.6 Å².